The van der Waals surface area contributed by atoms with E-state index in [0.717, 1.165) is 18.2 Å². The maximum Gasteiger partial charge on any atom is 0.379 e. The van der Waals surface area contributed by atoms with Crippen LogP contribution < -0.4 is 0 Å². The highest BCUT2D eigenvalue weighted by Gasteiger charge is 2.40. The van der Waals surface area contributed by atoms with Crippen LogP contribution in [0, 0.1) is 11.8 Å². The van der Waals surface area contributed by atoms with Crippen LogP contribution in [0.1, 0.15) is 28.2 Å². The molecule has 0 bridgehead atoms. The predicted octanol–water partition coefficient (Wildman–Crippen LogP) is 6.52. The van der Waals surface area contributed by atoms with Crippen molar-refractivity contribution in [2.75, 3.05) is 14.2 Å². The number of rotatable bonds is 7. The molecule has 4 aromatic rings. The van der Waals surface area contributed by atoms with Gasteiger partial charge in [-0.05, 0) is 34.9 Å². The normalized spacial score (nSPS) is 14.6. The second kappa shape index (κ2) is 13.8. The molecule has 4 aromatic carbocycles. The van der Waals surface area contributed by atoms with Crippen molar-refractivity contribution >= 4 is 29.4 Å². The highest BCUT2D eigenvalue weighted by Crippen LogP contribution is 2.47. The van der Waals surface area contributed by atoms with E-state index in [1.165, 1.54) is 7.11 Å². The third kappa shape index (κ3) is 6.43. The fraction of sp³-hybridized carbons (Fsp3) is 0.0789. The number of ether oxygens (including phenoxy) is 3. The number of esters is 2. The Morgan fingerprint density at radius 3 is 1.84 bits per heavy atom. The average molecular weight is 581 g/mol. The van der Waals surface area contributed by atoms with E-state index in [0.29, 0.717) is 22.3 Å². The van der Waals surface area contributed by atoms with Gasteiger partial charge in [0.2, 0.25) is 5.76 Å². The molecule has 0 amide bonds. The molecule has 1 aliphatic heterocycles. The second-order valence-corrected chi connectivity index (χ2v) is 9.69. The van der Waals surface area contributed by atoms with Crippen LogP contribution in [0.4, 0.5) is 0 Å². The Labute approximate surface area is 255 Å². The van der Waals surface area contributed by atoms with E-state index in [1.54, 1.807) is 18.2 Å². The summed E-state index contributed by atoms with van der Waals surface area (Å²) in [5.41, 5.74) is 3.67. The van der Waals surface area contributed by atoms with Crippen molar-refractivity contribution in [3.63, 3.8) is 0 Å². The number of allylic oxidation sites excluding steroid dienone is 3. The molecule has 1 aliphatic rings. The van der Waals surface area contributed by atoms with Gasteiger partial charge in [0.25, 0.3) is 5.78 Å². The summed E-state index contributed by atoms with van der Waals surface area (Å²) >= 11 is 0. The van der Waals surface area contributed by atoms with Crippen LogP contribution >= 0.6 is 0 Å². The van der Waals surface area contributed by atoms with Gasteiger partial charge < -0.3 is 14.2 Å². The zero-order chi connectivity index (χ0) is 30.9. The van der Waals surface area contributed by atoms with Gasteiger partial charge in [-0.15, -0.1) is 0 Å². The van der Waals surface area contributed by atoms with E-state index in [9.17, 15) is 14.4 Å². The van der Waals surface area contributed by atoms with Gasteiger partial charge in [0.1, 0.15) is 5.76 Å². The van der Waals surface area contributed by atoms with Gasteiger partial charge in [0.05, 0.1) is 31.3 Å². The number of ketones is 1. The van der Waals surface area contributed by atoms with Crippen LogP contribution in [0.15, 0.2) is 144 Å². The zero-order valence-electron chi connectivity index (χ0n) is 24.2. The minimum absolute atomic E-state index is 0.0231. The number of Topliss-reactive ketones (excluding diaryl/α,β-unsaturated/α-hetero) is 1. The summed E-state index contributed by atoms with van der Waals surface area (Å²) in [7, 11) is 2.38. The van der Waals surface area contributed by atoms with Gasteiger partial charge in [-0.2, -0.15) is 0 Å². The number of hydrogen-bond donors (Lipinski definition) is 0. The van der Waals surface area contributed by atoms with Gasteiger partial charge >= 0.3 is 11.9 Å². The van der Waals surface area contributed by atoms with E-state index < -0.39 is 23.6 Å². The molecule has 0 fully saturated rings. The largest absolute Gasteiger partial charge is 0.463 e. The van der Waals surface area contributed by atoms with E-state index in [1.807, 2.05) is 109 Å². The average Bonchev–Trinajstić information content (AvgIpc) is 3.09. The maximum absolute atomic E-state index is 13.7. The Kier molecular flexibility index (Phi) is 9.29. The minimum Gasteiger partial charge on any atom is -0.463 e. The second-order valence-electron chi connectivity index (χ2n) is 9.69. The van der Waals surface area contributed by atoms with Gasteiger partial charge in [-0.3, -0.25) is 4.79 Å². The molecule has 0 spiro atoms. The molecule has 0 N–H and O–H groups in total. The van der Waals surface area contributed by atoms with Crippen molar-refractivity contribution < 1.29 is 28.6 Å². The molecule has 0 aliphatic carbocycles. The van der Waals surface area contributed by atoms with Crippen molar-refractivity contribution in [3.8, 4) is 11.8 Å². The standard InChI is InChI=1S/C38H28O6/c1-42-37(40)34(39)31(25-27-17-9-4-10-18-27)35-33(29-21-13-6-14-22-29)32(28-19-11-5-12-20-28)30(36(44-35)38(41)43-2)24-23-26-15-7-3-8-16-26/h3-22,25,32H,1-2H3/b31-25-. The molecule has 6 nitrogen and oxygen atoms in total. The molecule has 5 rings (SSSR count). The lowest BCUT2D eigenvalue weighted by Crippen LogP contribution is -2.26. The number of benzene rings is 4. The van der Waals surface area contributed by atoms with Crippen molar-refractivity contribution in [3.05, 3.63) is 166 Å². The minimum atomic E-state index is -1.08. The van der Waals surface area contributed by atoms with Crippen molar-refractivity contribution in [2.24, 2.45) is 0 Å². The predicted molar refractivity (Wildman–Crippen MR) is 167 cm³/mol. The first-order valence-electron chi connectivity index (χ1n) is 13.8. The molecule has 0 saturated heterocycles. The van der Waals surface area contributed by atoms with Gasteiger partial charge in [-0.25, -0.2) is 9.59 Å². The highest BCUT2D eigenvalue weighted by molar-refractivity contribution is 6.42. The lowest BCUT2D eigenvalue weighted by Gasteiger charge is -2.31. The number of carbonyl (C=O) groups excluding carboxylic acids is 3. The van der Waals surface area contributed by atoms with Crippen LogP contribution in [0.2, 0.25) is 0 Å². The van der Waals surface area contributed by atoms with Gasteiger partial charge in [-0.1, -0.05) is 121 Å². The van der Waals surface area contributed by atoms with Crippen LogP contribution in [0.25, 0.3) is 11.6 Å². The molecule has 216 valence electrons. The molecular weight excluding hydrogens is 552 g/mol. The van der Waals surface area contributed by atoms with Crippen LogP contribution in [-0.2, 0) is 28.6 Å². The Morgan fingerprint density at radius 1 is 0.682 bits per heavy atom. The Morgan fingerprint density at radius 2 is 1.25 bits per heavy atom. The maximum atomic E-state index is 13.7. The Bertz CT molecular complexity index is 1820. The molecule has 6 heteroatoms. The monoisotopic (exact) mass is 580 g/mol. The summed E-state index contributed by atoms with van der Waals surface area (Å²) < 4.78 is 16.4. The first-order valence-corrected chi connectivity index (χ1v) is 13.8. The first-order chi connectivity index (χ1) is 21.5. The van der Waals surface area contributed by atoms with Crippen molar-refractivity contribution in [1.29, 1.82) is 0 Å². The van der Waals surface area contributed by atoms with Crippen molar-refractivity contribution in [2.45, 2.75) is 5.92 Å². The fourth-order valence-electron chi connectivity index (χ4n) is 4.90. The van der Waals surface area contributed by atoms with Gasteiger partial charge in [0.15, 0.2) is 0 Å². The number of carbonyl (C=O) groups is 3. The van der Waals surface area contributed by atoms with Crippen LogP contribution in [-0.4, -0.2) is 31.9 Å². The van der Waals surface area contributed by atoms with E-state index in [4.69, 9.17) is 14.2 Å². The molecular formula is C38H28O6. The molecule has 1 heterocycles. The number of hydrogen-bond acceptors (Lipinski definition) is 6. The quantitative estimate of drug-likeness (QED) is 0.107. The third-order valence-electron chi connectivity index (χ3n) is 6.95. The van der Waals surface area contributed by atoms with E-state index >= 15 is 0 Å². The molecule has 0 radical (unpaired) electrons. The molecule has 0 saturated carbocycles. The topological polar surface area (TPSA) is 78.9 Å². The smallest absolute Gasteiger partial charge is 0.379 e. The summed E-state index contributed by atoms with van der Waals surface area (Å²) in [6.45, 7) is 0. The summed E-state index contributed by atoms with van der Waals surface area (Å²) in [4.78, 5) is 39.9. The van der Waals surface area contributed by atoms with Crippen molar-refractivity contribution in [1.82, 2.24) is 0 Å². The van der Waals surface area contributed by atoms with E-state index in [-0.39, 0.29) is 17.1 Å². The highest BCUT2D eigenvalue weighted by atomic mass is 16.6. The summed E-state index contributed by atoms with van der Waals surface area (Å²) in [6, 6.07) is 37.2. The molecule has 1 unspecified atom stereocenters. The fourth-order valence-corrected chi connectivity index (χ4v) is 4.90. The lowest BCUT2D eigenvalue weighted by molar-refractivity contribution is -0.149. The van der Waals surface area contributed by atoms with Gasteiger partial charge in [0, 0.05) is 11.1 Å². The SMILES string of the molecule is COC(=O)C(=O)/C(=C/c1ccccc1)C1=C(c2ccccc2)C(c2ccccc2)C(C#Cc2ccccc2)=C(C(=O)OC)O1. The first kappa shape index (κ1) is 29.6. The number of methoxy groups -OCH3 is 2. The zero-order valence-corrected chi connectivity index (χ0v) is 24.2. The Balaban J connectivity index is 1.88. The summed E-state index contributed by atoms with van der Waals surface area (Å²) in [5.74, 6) is 2.71. The third-order valence-corrected chi connectivity index (χ3v) is 6.95. The van der Waals surface area contributed by atoms with Crippen LogP contribution in [0.5, 0.6) is 0 Å². The van der Waals surface area contributed by atoms with E-state index in [2.05, 4.69) is 11.8 Å². The summed E-state index contributed by atoms with van der Waals surface area (Å²) in [6.07, 6.45) is 1.55. The molecule has 1 atom stereocenters. The molecule has 44 heavy (non-hydrogen) atoms. The lowest BCUT2D eigenvalue weighted by atomic mass is 9.77. The molecule has 0 aromatic heterocycles. The Hall–Kier alpha value is -5.93. The summed E-state index contributed by atoms with van der Waals surface area (Å²) in [5, 5.41) is 0. The van der Waals surface area contributed by atoms with Crippen LogP contribution in [0.3, 0.4) is 0 Å².